The number of carbonyl (C=O) groups is 2. The molecule has 0 rings (SSSR count). The van der Waals surface area contributed by atoms with Crippen molar-refractivity contribution in [3.8, 4) is 0 Å². The number of hydrogen-bond donors (Lipinski definition) is 1. The Labute approximate surface area is 505 Å². The summed E-state index contributed by atoms with van der Waals surface area (Å²) < 4.78 is 34.7. The molecule has 0 saturated carbocycles. The van der Waals surface area contributed by atoms with Crippen LogP contribution in [0.4, 0.5) is 0 Å². The fourth-order valence-electron chi connectivity index (χ4n) is 8.95. The van der Waals surface area contributed by atoms with Crippen molar-refractivity contribution in [3.05, 3.63) is 122 Å². The van der Waals surface area contributed by atoms with Crippen LogP contribution >= 0.6 is 7.82 Å². The first-order valence-electron chi connectivity index (χ1n) is 33.3. The number of phosphoric ester groups is 1. The van der Waals surface area contributed by atoms with E-state index in [9.17, 15) is 19.0 Å². The first-order valence-corrected chi connectivity index (χ1v) is 34.8. The fourth-order valence-corrected chi connectivity index (χ4v) is 9.69. The summed E-state index contributed by atoms with van der Waals surface area (Å²) in [4.78, 5) is 35.8. The quantitative estimate of drug-likeness (QED) is 0.0211. The number of likely N-dealkylation sites (N-methyl/N-ethyl adjacent to an activating group) is 1. The summed E-state index contributed by atoms with van der Waals surface area (Å²) >= 11 is 0. The fraction of sp³-hybridized carbons (Fsp3) is 0.694. The number of unbranched alkanes of at least 4 members (excludes halogenated alkanes) is 26. The summed E-state index contributed by atoms with van der Waals surface area (Å²) in [7, 11) is 1.46. The van der Waals surface area contributed by atoms with Crippen LogP contribution in [0.3, 0.4) is 0 Å². The number of allylic oxidation sites excluding steroid dienone is 20. The van der Waals surface area contributed by atoms with E-state index in [0.717, 1.165) is 116 Å². The van der Waals surface area contributed by atoms with Crippen LogP contribution in [0.15, 0.2) is 122 Å². The van der Waals surface area contributed by atoms with E-state index in [-0.39, 0.29) is 32.0 Å². The molecule has 0 aromatic heterocycles. The molecule has 0 bridgehead atoms. The van der Waals surface area contributed by atoms with Gasteiger partial charge in [-0.25, -0.2) is 4.57 Å². The molecule has 2 unspecified atom stereocenters. The maximum Gasteiger partial charge on any atom is 0.472 e. The standard InChI is InChI=1S/C72H124NO8P/c1-6-8-10-12-14-16-18-20-22-24-26-28-30-31-32-33-34-35-36-37-38-39-40-41-43-45-47-49-51-53-55-57-59-61-63-65-72(75)81-70(69-80-82(76,77)79-67-66-73(3,4)5)68-78-71(74)64-62-60-58-56-54-52-50-48-46-44-42-29-27-25-23-21-19-17-15-13-11-9-7-2/h8-11,14-17,20-23,26-29,31-32,44,46,70H,6-7,12-13,18-19,24-25,30,33-43,45,47-69H2,1-5H3/p+1/b10-8-,11-9-,16-14-,17-15-,22-20-,23-21-,28-26-,29-27-,32-31-,46-44-. The molecule has 0 spiro atoms. The highest BCUT2D eigenvalue weighted by molar-refractivity contribution is 7.47. The van der Waals surface area contributed by atoms with E-state index in [1.807, 2.05) is 21.1 Å². The molecule has 1 N–H and O–H groups in total. The Morgan fingerprint density at radius 2 is 0.659 bits per heavy atom. The van der Waals surface area contributed by atoms with E-state index in [1.54, 1.807) is 0 Å². The molecule has 0 saturated heterocycles. The number of phosphoric acid groups is 1. The summed E-state index contributed by atoms with van der Waals surface area (Å²) in [5.74, 6) is -0.808. The van der Waals surface area contributed by atoms with Crippen LogP contribution < -0.4 is 0 Å². The average molecular weight is 1160 g/mol. The molecule has 0 aromatic carbocycles. The summed E-state index contributed by atoms with van der Waals surface area (Å²) in [6.45, 7) is 4.20. The smallest absolute Gasteiger partial charge is 0.462 e. The summed E-state index contributed by atoms with van der Waals surface area (Å²) in [6.07, 6.45) is 88.6. The molecule has 9 nitrogen and oxygen atoms in total. The van der Waals surface area contributed by atoms with Crippen molar-refractivity contribution < 1.29 is 42.1 Å². The summed E-state index contributed by atoms with van der Waals surface area (Å²) in [6, 6.07) is 0. The Kier molecular flexibility index (Phi) is 59.2. The average Bonchev–Trinajstić information content (AvgIpc) is 3.45. The maximum atomic E-state index is 12.9. The van der Waals surface area contributed by atoms with Gasteiger partial charge in [0, 0.05) is 12.8 Å². The number of rotatable bonds is 60. The number of hydrogen-bond acceptors (Lipinski definition) is 7. The first kappa shape index (κ1) is 78.4. The third-order valence-corrected chi connectivity index (χ3v) is 15.0. The van der Waals surface area contributed by atoms with Gasteiger partial charge in [0.1, 0.15) is 19.8 Å². The highest BCUT2D eigenvalue weighted by Gasteiger charge is 2.27. The van der Waals surface area contributed by atoms with Gasteiger partial charge in [-0.3, -0.25) is 18.6 Å². The molecule has 82 heavy (non-hydrogen) atoms. The highest BCUT2D eigenvalue weighted by Crippen LogP contribution is 2.43. The minimum atomic E-state index is -4.40. The zero-order chi connectivity index (χ0) is 59.8. The number of nitrogens with zero attached hydrogens (tertiary/aromatic N) is 1. The molecule has 0 aliphatic rings. The molecule has 0 radical (unpaired) electrons. The van der Waals surface area contributed by atoms with Crippen molar-refractivity contribution in [2.45, 2.75) is 277 Å². The van der Waals surface area contributed by atoms with Gasteiger partial charge in [-0.2, -0.15) is 0 Å². The van der Waals surface area contributed by atoms with Gasteiger partial charge < -0.3 is 18.9 Å². The molecule has 10 heteroatoms. The van der Waals surface area contributed by atoms with Crippen molar-refractivity contribution in [2.75, 3.05) is 47.5 Å². The van der Waals surface area contributed by atoms with Crippen molar-refractivity contribution in [1.29, 1.82) is 0 Å². The van der Waals surface area contributed by atoms with Gasteiger partial charge in [-0.15, -0.1) is 0 Å². The monoisotopic (exact) mass is 1160 g/mol. The normalized spacial score (nSPS) is 14.0. The molecular formula is C72H125NO8P+. The molecule has 0 heterocycles. The molecule has 0 amide bonds. The van der Waals surface area contributed by atoms with Gasteiger partial charge in [0.25, 0.3) is 0 Å². The highest BCUT2D eigenvalue weighted by atomic mass is 31.2. The molecule has 0 aromatic rings. The van der Waals surface area contributed by atoms with Crippen LogP contribution in [0.1, 0.15) is 271 Å². The molecule has 2 atom stereocenters. The second-order valence-corrected chi connectivity index (χ2v) is 24.5. The Morgan fingerprint density at radius 1 is 0.378 bits per heavy atom. The third-order valence-electron chi connectivity index (χ3n) is 14.0. The van der Waals surface area contributed by atoms with E-state index >= 15 is 0 Å². The Bertz CT molecular complexity index is 1800. The second kappa shape index (κ2) is 62.0. The van der Waals surface area contributed by atoms with Crippen LogP contribution in [0.2, 0.25) is 0 Å². The third kappa shape index (κ3) is 65.6. The van der Waals surface area contributed by atoms with Crippen molar-refractivity contribution in [3.63, 3.8) is 0 Å². The van der Waals surface area contributed by atoms with Gasteiger partial charge in [0.05, 0.1) is 27.7 Å². The van der Waals surface area contributed by atoms with Crippen LogP contribution in [0.5, 0.6) is 0 Å². The van der Waals surface area contributed by atoms with E-state index in [2.05, 4.69) is 135 Å². The predicted octanol–water partition coefficient (Wildman–Crippen LogP) is 21.5. The summed E-state index contributed by atoms with van der Waals surface area (Å²) in [5, 5.41) is 0. The first-order chi connectivity index (χ1) is 40.0. The predicted molar refractivity (Wildman–Crippen MR) is 353 cm³/mol. The van der Waals surface area contributed by atoms with Crippen LogP contribution in [0.25, 0.3) is 0 Å². The van der Waals surface area contributed by atoms with Crippen molar-refractivity contribution in [2.24, 2.45) is 0 Å². The molecule has 0 aliphatic heterocycles. The SMILES string of the molecule is CC/C=C\C/C=C\C/C=C\C/C=C\C/C=C\CCCCCCCCCCCCCCCCCCCCCC(=O)OC(COC(=O)CCCCCCCCC/C=C\C/C=C\C/C=C\C/C=C\C/C=C\CC)COP(=O)(O)OCC[N+](C)(C)C. The zero-order valence-corrected chi connectivity index (χ0v) is 54.3. The zero-order valence-electron chi connectivity index (χ0n) is 53.4. The second-order valence-electron chi connectivity index (χ2n) is 23.1. The lowest BCUT2D eigenvalue weighted by atomic mass is 10.0. The van der Waals surface area contributed by atoms with Crippen LogP contribution in [0, 0.1) is 0 Å². The lowest BCUT2D eigenvalue weighted by Crippen LogP contribution is -2.37. The van der Waals surface area contributed by atoms with E-state index in [1.165, 1.54) is 122 Å². The number of ether oxygens (including phenoxy) is 2. The number of quaternary nitrogens is 1. The van der Waals surface area contributed by atoms with Gasteiger partial charge in [-0.05, 0) is 103 Å². The Hall–Kier alpha value is -3.59. The van der Waals surface area contributed by atoms with Crippen LogP contribution in [-0.2, 0) is 32.7 Å². The minimum absolute atomic E-state index is 0.0254. The minimum Gasteiger partial charge on any atom is -0.462 e. The van der Waals surface area contributed by atoms with E-state index < -0.39 is 26.5 Å². The topological polar surface area (TPSA) is 108 Å². The van der Waals surface area contributed by atoms with E-state index in [0.29, 0.717) is 17.4 Å². The van der Waals surface area contributed by atoms with Crippen molar-refractivity contribution in [1.82, 2.24) is 0 Å². The van der Waals surface area contributed by atoms with Gasteiger partial charge in [-0.1, -0.05) is 277 Å². The van der Waals surface area contributed by atoms with Crippen LogP contribution in [-0.4, -0.2) is 74.9 Å². The summed E-state index contributed by atoms with van der Waals surface area (Å²) in [5.41, 5.74) is 0. The largest absolute Gasteiger partial charge is 0.472 e. The molecular weight excluding hydrogens is 1040 g/mol. The van der Waals surface area contributed by atoms with Crippen molar-refractivity contribution >= 4 is 19.8 Å². The van der Waals surface area contributed by atoms with Gasteiger partial charge in [0.2, 0.25) is 0 Å². The molecule has 0 aliphatic carbocycles. The number of carbonyl (C=O) groups excluding carboxylic acids is 2. The number of esters is 2. The molecule has 0 fully saturated rings. The molecule has 470 valence electrons. The lowest BCUT2D eigenvalue weighted by molar-refractivity contribution is -0.870. The lowest BCUT2D eigenvalue weighted by Gasteiger charge is -2.24. The van der Waals surface area contributed by atoms with E-state index in [4.69, 9.17) is 18.5 Å². The maximum absolute atomic E-state index is 12.9. The van der Waals surface area contributed by atoms with Gasteiger partial charge >= 0.3 is 19.8 Å². The van der Waals surface area contributed by atoms with Gasteiger partial charge in [0.15, 0.2) is 6.10 Å². The Morgan fingerprint density at radius 3 is 0.976 bits per heavy atom. The Balaban J connectivity index is 4.06.